The van der Waals surface area contributed by atoms with Gasteiger partial charge in [-0.15, -0.1) is 0 Å². The second kappa shape index (κ2) is 11.8. The number of para-hydroxylation sites is 1. The number of quaternary nitrogens is 1. The van der Waals surface area contributed by atoms with Gasteiger partial charge in [0.25, 0.3) is 11.7 Å². The zero-order chi connectivity index (χ0) is 28.3. The highest BCUT2D eigenvalue weighted by Crippen LogP contribution is 2.41. The maximum atomic E-state index is 13.6. The van der Waals surface area contributed by atoms with Gasteiger partial charge in [-0.3, -0.25) is 9.59 Å². The van der Waals surface area contributed by atoms with E-state index in [1.165, 1.54) is 4.90 Å². The number of ketones is 1. The lowest BCUT2D eigenvalue weighted by molar-refractivity contribution is -0.908. The van der Waals surface area contributed by atoms with E-state index in [1.807, 2.05) is 73.7 Å². The number of hydrogen-bond donors (Lipinski definition) is 2. The van der Waals surface area contributed by atoms with E-state index in [4.69, 9.17) is 14.2 Å². The summed E-state index contributed by atoms with van der Waals surface area (Å²) in [7, 11) is 0. The summed E-state index contributed by atoms with van der Waals surface area (Å²) in [6.07, 6.45) is 1.50. The Bertz CT molecular complexity index is 1460. The number of ether oxygens (including phenoxy) is 3. The summed E-state index contributed by atoms with van der Waals surface area (Å²) < 4.78 is 17.4. The number of rotatable bonds is 8. The fraction of sp³-hybridized carbons (Fsp3) is 0.333. The van der Waals surface area contributed by atoms with E-state index in [2.05, 4.69) is 0 Å². The number of nitrogens with zero attached hydrogens (tertiary/aromatic N) is 1. The van der Waals surface area contributed by atoms with Crippen LogP contribution >= 0.6 is 0 Å². The molecule has 0 saturated carbocycles. The van der Waals surface area contributed by atoms with Crippen LogP contribution in [0.2, 0.25) is 0 Å². The predicted molar refractivity (Wildman–Crippen MR) is 153 cm³/mol. The summed E-state index contributed by atoms with van der Waals surface area (Å²) in [5, 5.41) is 11.6. The summed E-state index contributed by atoms with van der Waals surface area (Å²) in [6.45, 7) is 6.60. The lowest BCUT2D eigenvalue weighted by Crippen LogP contribution is -3.14. The molecule has 3 aromatic rings. The molecule has 2 atom stereocenters. The molecule has 0 aliphatic carbocycles. The Morgan fingerprint density at radius 1 is 1.00 bits per heavy atom. The third-order valence-electron chi connectivity index (χ3n) is 7.99. The molecule has 8 heteroatoms. The average Bonchev–Trinajstić information content (AvgIpc) is 3.49. The van der Waals surface area contributed by atoms with Crippen LogP contribution in [0.15, 0.2) is 78.4 Å². The number of benzene rings is 3. The topological polar surface area (TPSA) is 89.7 Å². The minimum atomic E-state index is -0.738. The van der Waals surface area contributed by atoms with Crippen LogP contribution in [0.5, 0.6) is 17.2 Å². The van der Waals surface area contributed by atoms with E-state index in [1.54, 1.807) is 11.0 Å². The molecule has 3 aliphatic rings. The third-order valence-corrected chi connectivity index (χ3v) is 7.99. The molecule has 3 aliphatic heterocycles. The molecule has 0 unspecified atom stereocenters. The second-order valence-corrected chi connectivity index (χ2v) is 10.9. The highest BCUT2D eigenvalue weighted by molar-refractivity contribution is 6.46. The second-order valence-electron chi connectivity index (χ2n) is 10.9. The third kappa shape index (κ3) is 5.71. The minimum absolute atomic E-state index is 0.0499. The number of likely N-dealkylation sites (tertiary alicyclic amines) is 1. The quantitative estimate of drug-likeness (QED) is 0.251. The number of nitrogens with one attached hydrogen (secondary N) is 1. The van der Waals surface area contributed by atoms with Gasteiger partial charge in [-0.25, -0.2) is 0 Å². The fourth-order valence-electron chi connectivity index (χ4n) is 5.96. The van der Waals surface area contributed by atoms with E-state index in [0.29, 0.717) is 29.2 Å². The number of fused-ring (bicyclic) bond motifs is 1. The maximum Gasteiger partial charge on any atom is 0.295 e. The number of Topliss-reactive ketones (excluding diaryl/α,β-unsaturated/α-hetero) is 1. The first-order chi connectivity index (χ1) is 20.0. The molecule has 0 bridgehead atoms. The van der Waals surface area contributed by atoms with Crippen LogP contribution < -0.4 is 14.4 Å². The number of morpholine rings is 1. The number of aliphatic hydroxyl groups excluding tert-OH is 1. The largest absolute Gasteiger partial charge is 0.507 e. The molecule has 1 amide bonds. The molecule has 3 heterocycles. The predicted octanol–water partition coefficient (Wildman–Crippen LogP) is 3.53. The molecule has 41 heavy (non-hydrogen) atoms. The van der Waals surface area contributed by atoms with Gasteiger partial charge in [-0.2, -0.15) is 0 Å². The van der Waals surface area contributed by atoms with Crippen molar-refractivity contribution in [2.75, 3.05) is 39.4 Å². The first kappa shape index (κ1) is 27.1. The molecular weight excluding hydrogens is 520 g/mol. The molecule has 8 nitrogen and oxygen atoms in total. The Kier molecular flexibility index (Phi) is 7.76. The van der Waals surface area contributed by atoms with Crippen molar-refractivity contribution < 1.29 is 33.8 Å². The lowest BCUT2D eigenvalue weighted by Gasteiger charge is -2.28. The summed E-state index contributed by atoms with van der Waals surface area (Å²) in [5.41, 5.74) is 2.27. The van der Waals surface area contributed by atoms with Gasteiger partial charge in [-0.05, 0) is 60.5 Å². The van der Waals surface area contributed by atoms with Crippen molar-refractivity contribution >= 4 is 17.4 Å². The number of aliphatic hydroxyl groups is 1. The van der Waals surface area contributed by atoms with Crippen molar-refractivity contribution in [1.82, 2.24) is 4.90 Å². The monoisotopic (exact) mass is 555 g/mol. The van der Waals surface area contributed by atoms with Gasteiger partial charge in [0.05, 0.1) is 31.4 Å². The van der Waals surface area contributed by atoms with Crippen LogP contribution in [0.3, 0.4) is 0 Å². The summed E-state index contributed by atoms with van der Waals surface area (Å²) in [6, 6.07) is 21.5. The first-order valence-corrected chi connectivity index (χ1v) is 14.3. The minimum Gasteiger partial charge on any atom is -0.507 e. The van der Waals surface area contributed by atoms with Crippen LogP contribution in [0, 0.1) is 0 Å². The van der Waals surface area contributed by atoms with Crippen molar-refractivity contribution in [3.8, 4) is 17.2 Å². The molecule has 0 radical (unpaired) electrons. The van der Waals surface area contributed by atoms with Gasteiger partial charge in [0.15, 0.2) is 0 Å². The van der Waals surface area contributed by atoms with Crippen molar-refractivity contribution in [2.45, 2.75) is 31.9 Å². The molecule has 6 rings (SSSR count). The molecule has 0 aromatic heterocycles. The van der Waals surface area contributed by atoms with Crippen molar-refractivity contribution in [3.63, 3.8) is 0 Å². The Labute approximate surface area is 239 Å². The van der Waals surface area contributed by atoms with E-state index >= 15 is 0 Å². The maximum absolute atomic E-state index is 13.6. The average molecular weight is 556 g/mol. The van der Waals surface area contributed by atoms with Gasteiger partial charge in [-0.1, -0.05) is 30.3 Å². The molecule has 3 aromatic carbocycles. The first-order valence-electron chi connectivity index (χ1n) is 14.3. The number of amides is 1. The van der Waals surface area contributed by atoms with Crippen LogP contribution in [0.1, 0.15) is 36.1 Å². The zero-order valence-corrected chi connectivity index (χ0v) is 23.2. The van der Waals surface area contributed by atoms with Crippen molar-refractivity contribution in [2.24, 2.45) is 0 Å². The molecule has 2 N–H and O–H groups in total. The number of hydrogen-bond acceptors (Lipinski definition) is 6. The van der Waals surface area contributed by atoms with E-state index < -0.39 is 17.7 Å². The smallest absolute Gasteiger partial charge is 0.295 e. The van der Waals surface area contributed by atoms with Crippen molar-refractivity contribution in [3.05, 3.63) is 95.1 Å². The lowest BCUT2D eigenvalue weighted by atomic mass is 9.94. The zero-order valence-electron chi connectivity index (χ0n) is 23.2. The normalized spacial score (nSPS) is 22.0. The van der Waals surface area contributed by atoms with Crippen LogP contribution in [-0.2, 0) is 20.7 Å². The summed E-state index contributed by atoms with van der Waals surface area (Å²) in [4.78, 5) is 30.1. The Balaban J connectivity index is 1.35. The summed E-state index contributed by atoms with van der Waals surface area (Å²) in [5.74, 6) is 0.600. The Hall–Kier alpha value is -4.14. The molecule has 0 spiro atoms. The standard InChI is InChI=1S/C33H34N2O6/c1-22-19-25-20-24(11-12-28(25)40-22)31(36)29-30(23-7-5-10-27(21-23)41-26-8-3-2-4-9-26)35(33(38)32(29)37)14-6-13-34-15-17-39-18-16-34/h2-5,7-12,20-22,30,36H,6,13-19H2,1H3/p+1/t22-,30+/m0/s1. The van der Waals surface area contributed by atoms with Gasteiger partial charge in [0, 0.05) is 24.9 Å². The summed E-state index contributed by atoms with van der Waals surface area (Å²) >= 11 is 0. The molecule has 2 fully saturated rings. The molecule has 2 saturated heterocycles. The highest BCUT2D eigenvalue weighted by atomic mass is 16.5. The van der Waals surface area contributed by atoms with Gasteiger partial charge in [0.1, 0.15) is 42.2 Å². The van der Waals surface area contributed by atoms with Gasteiger partial charge >= 0.3 is 0 Å². The number of carbonyl (C=O) groups excluding carboxylic acids is 2. The Morgan fingerprint density at radius 2 is 1.78 bits per heavy atom. The fourth-order valence-corrected chi connectivity index (χ4v) is 5.96. The van der Waals surface area contributed by atoms with Crippen LogP contribution in [0.25, 0.3) is 5.76 Å². The van der Waals surface area contributed by atoms with Gasteiger partial charge < -0.3 is 29.1 Å². The highest BCUT2D eigenvalue weighted by Gasteiger charge is 2.46. The van der Waals surface area contributed by atoms with E-state index in [9.17, 15) is 14.7 Å². The Morgan fingerprint density at radius 3 is 2.59 bits per heavy atom. The van der Waals surface area contributed by atoms with E-state index in [0.717, 1.165) is 57.0 Å². The SMILES string of the molecule is C[C@H]1Cc2cc(C(O)=C3C(=O)C(=O)N(CCC[NH+]4CCOCC4)[C@@H]3c3cccc(Oc4ccccc4)c3)ccc2O1. The molecular formula is C33H35N2O6+. The van der Waals surface area contributed by atoms with E-state index in [-0.39, 0.29) is 17.4 Å². The van der Waals surface area contributed by atoms with Crippen molar-refractivity contribution in [1.29, 1.82) is 0 Å². The van der Waals surface area contributed by atoms with Gasteiger partial charge in [0.2, 0.25) is 0 Å². The molecule has 212 valence electrons. The van der Waals surface area contributed by atoms with Crippen LogP contribution in [-0.4, -0.2) is 67.2 Å². The number of carbonyl (C=O) groups is 2. The van der Waals surface area contributed by atoms with Crippen LogP contribution in [0.4, 0.5) is 0 Å².